The van der Waals surface area contributed by atoms with E-state index in [1.54, 1.807) is 0 Å². The normalized spacial score (nSPS) is 13.2. The van der Waals surface area contributed by atoms with Crippen LogP contribution in [0.3, 0.4) is 0 Å². The lowest BCUT2D eigenvalue weighted by Crippen LogP contribution is -2.40. The van der Waals surface area contributed by atoms with Crippen molar-refractivity contribution in [2.24, 2.45) is 5.73 Å². The van der Waals surface area contributed by atoms with Gasteiger partial charge in [0, 0.05) is 12.8 Å². The zero-order valence-corrected chi connectivity index (χ0v) is 41.6. The van der Waals surface area contributed by atoms with Crippen LogP contribution in [0, 0.1) is 0 Å². The number of unbranched alkanes of at least 4 members (excludes halogenated alkanes) is 22. The number of carbonyl (C=O) groups is 3. The topological polar surface area (TPSA) is 119 Å². The van der Waals surface area contributed by atoms with Crippen LogP contribution in [0.25, 0.3) is 0 Å². The number of hydrogen-bond donors (Lipinski definition) is 3. The average molecular weight is 893 g/mol. The highest BCUT2D eigenvalue weighted by Crippen LogP contribution is 2.19. The molecule has 0 radical (unpaired) electrons. The van der Waals surface area contributed by atoms with E-state index < -0.39 is 12.0 Å². The van der Waals surface area contributed by atoms with Gasteiger partial charge in [0.15, 0.2) is 0 Å². The Labute approximate surface area is 394 Å². The van der Waals surface area contributed by atoms with Crippen LogP contribution in [0.2, 0.25) is 0 Å². The molecule has 0 aliphatic carbocycles. The first-order valence-electron chi connectivity index (χ1n) is 26.8. The minimum Gasteiger partial charge on any atom is -0.480 e. The summed E-state index contributed by atoms with van der Waals surface area (Å²) in [6, 6.07) is -0.863. The highest BCUT2D eigenvalue weighted by Gasteiger charge is 2.19. The molecule has 0 fully saturated rings. The minimum absolute atomic E-state index is 0.0137. The number of nitrogens with two attached hydrogens (primary N) is 1. The molecule has 0 saturated heterocycles. The molecule has 0 saturated carbocycles. The number of ether oxygens (including phenoxy) is 1. The minimum atomic E-state index is -1.01. The molecule has 7 nitrogen and oxygen atoms in total. The van der Waals surface area contributed by atoms with Gasteiger partial charge in [-0.3, -0.25) is 9.59 Å². The summed E-state index contributed by atoms with van der Waals surface area (Å²) in [5, 5.41) is 12.0. The smallest absolute Gasteiger partial charge is 0.326 e. The van der Waals surface area contributed by atoms with Crippen molar-refractivity contribution in [3.8, 4) is 0 Å². The zero-order valence-electron chi connectivity index (χ0n) is 41.6. The largest absolute Gasteiger partial charge is 0.480 e. The maximum atomic E-state index is 12.9. The SMILES string of the molecule is CC/C=C\C/C=C\C/C=C\C/C=C\C/C=C\CCCCCCCCCC(=O)OC(CCCCC/C=C\CCCCCCCCCC)CCCCCCCC(=O)NC(CCCN)C(=O)O. The van der Waals surface area contributed by atoms with Crippen LogP contribution in [-0.2, 0) is 19.1 Å². The van der Waals surface area contributed by atoms with Gasteiger partial charge in [-0.2, -0.15) is 0 Å². The number of carboxylic acids is 1. The van der Waals surface area contributed by atoms with Crippen molar-refractivity contribution in [1.29, 1.82) is 0 Å². The third-order valence-corrected chi connectivity index (χ3v) is 11.8. The molecule has 0 heterocycles. The molecule has 2 atom stereocenters. The molecule has 0 aliphatic heterocycles. The summed E-state index contributed by atoms with van der Waals surface area (Å²) in [5.74, 6) is -1.25. The second kappa shape index (κ2) is 50.8. The highest BCUT2D eigenvalue weighted by molar-refractivity contribution is 5.83. The van der Waals surface area contributed by atoms with Crippen molar-refractivity contribution in [2.75, 3.05) is 6.54 Å². The molecular formula is C57H100N2O5. The maximum Gasteiger partial charge on any atom is 0.326 e. The van der Waals surface area contributed by atoms with Gasteiger partial charge >= 0.3 is 11.9 Å². The molecule has 0 spiro atoms. The second-order valence-electron chi connectivity index (χ2n) is 17.9. The van der Waals surface area contributed by atoms with Crippen molar-refractivity contribution >= 4 is 17.8 Å². The van der Waals surface area contributed by atoms with E-state index in [0.717, 1.165) is 116 Å². The molecule has 368 valence electrons. The molecule has 64 heavy (non-hydrogen) atoms. The molecule has 4 N–H and O–H groups in total. The molecule has 7 heteroatoms. The molecule has 0 rings (SSSR count). The molecule has 2 unspecified atom stereocenters. The summed E-state index contributed by atoms with van der Waals surface area (Å²) in [4.78, 5) is 36.6. The number of aliphatic carboxylic acids is 1. The monoisotopic (exact) mass is 893 g/mol. The van der Waals surface area contributed by atoms with Gasteiger partial charge in [0.1, 0.15) is 12.1 Å². The van der Waals surface area contributed by atoms with Gasteiger partial charge in [0.2, 0.25) is 5.91 Å². The van der Waals surface area contributed by atoms with E-state index in [0.29, 0.717) is 32.2 Å². The number of rotatable bonds is 48. The third kappa shape index (κ3) is 46.8. The number of carboxylic acid groups (broad SMARTS) is 1. The van der Waals surface area contributed by atoms with Crippen LogP contribution < -0.4 is 11.1 Å². The van der Waals surface area contributed by atoms with E-state index in [9.17, 15) is 19.5 Å². The van der Waals surface area contributed by atoms with Crippen molar-refractivity contribution < 1.29 is 24.2 Å². The zero-order chi connectivity index (χ0) is 46.7. The Bertz CT molecular complexity index is 1230. The lowest BCUT2D eigenvalue weighted by Gasteiger charge is -2.18. The summed E-state index contributed by atoms with van der Waals surface area (Å²) in [6.45, 7) is 4.85. The fourth-order valence-electron chi connectivity index (χ4n) is 7.77. The Morgan fingerprint density at radius 2 is 0.859 bits per heavy atom. The third-order valence-electron chi connectivity index (χ3n) is 11.8. The summed E-state index contributed by atoms with van der Waals surface area (Å²) in [5.41, 5.74) is 5.50. The van der Waals surface area contributed by atoms with E-state index in [4.69, 9.17) is 10.5 Å². The highest BCUT2D eigenvalue weighted by atomic mass is 16.5. The van der Waals surface area contributed by atoms with Crippen molar-refractivity contribution in [3.63, 3.8) is 0 Å². The second-order valence-corrected chi connectivity index (χ2v) is 17.9. The van der Waals surface area contributed by atoms with Gasteiger partial charge in [-0.25, -0.2) is 4.79 Å². The quantitative estimate of drug-likeness (QED) is 0.0318. The van der Waals surface area contributed by atoms with E-state index in [2.05, 4.69) is 92.1 Å². The van der Waals surface area contributed by atoms with Crippen molar-refractivity contribution in [1.82, 2.24) is 5.32 Å². The Hall–Kier alpha value is -3.19. The van der Waals surface area contributed by atoms with Crippen LogP contribution in [0.15, 0.2) is 72.9 Å². The van der Waals surface area contributed by atoms with Crippen LogP contribution >= 0.6 is 0 Å². The maximum absolute atomic E-state index is 12.9. The Balaban J connectivity index is 4.32. The lowest BCUT2D eigenvalue weighted by molar-refractivity contribution is -0.150. The van der Waals surface area contributed by atoms with E-state index in [1.807, 2.05) is 0 Å². The number of esters is 1. The predicted octanol–water partition coefficient (Wildman–Crippen LogP) is 16.2. The van der Waals surface area contributed by atoms with E-state index in [1.165, 1.54) is 96.3 Å². The van der Waals surface area contributed by atoms with Gasteiger partial charge in [-0.15, -0.1) is 0 Å². The summed E-state index contributed by atoms with van der Waals surface area (Å²) in [6.07, 6.45) is 66.7. The fourth-order valence-corrected chi connectivity index (χ4v) is 7.77. The van der Waals surface area contributed by atoms with Gasteiger partial charge in [0.05, 0.1) is 0 Å². The molecule has 1 amide bonds. The van der Waals surface area contributed by atoms with Crippen LogP contribution in [-0.4, -0.2) is 41.6 Å². The molecular weight excluding hydrogens is 793 g/mol. The molecule has 0 aromatic heterocycles. The van der Waals surface area contributed by atoms with Crippen molar-refractivity contribution in [3.05, 3.63) is 72.9 Å². The standard InChI is InChI=1S/C57H100N2O5/c1-3-5-7-9-11-13-15-17-19-20-21-22-23-24-25-26-28-30-32-34-36-41-45-51-56(61)64-53(47-42-38-35-33-31-29-27-18-16-14-12-10-8-6-4-2)48-43-39-37-40-44-50-55(60)59-54(57(62)63)49-46-52-58/h5,7,11,13,17,19,21-22,24-25,29,31,53-54H,3-4,6,8-10,12,14-16,18,20,23,26-28,30,32-52,58H2,1-2H3,(H,59,60)(H,62,63)/b7-5-,13-11-,19-17-,22-21-,25-24-,31-29-. The first-order chi connectivity index (χ1) is 31.4. The Morgan fingerprint density at radius 1 is 0.469 bits per heavy atom. The first kappa shape index (κ1) is 60.8. The average Bonchev–Trinajstić information content (AvgIpc) is 3.28. The van der Waals surface area contributed by atoms with Gasteiger partial charge < -0.3 is 20.9 Å². The molecule has 0 aliphatic rings. The lowest BCUT2D eigenvalue weighted by atomic mass is 10.0. The first-order valence-corrected chi connectivity index (χ1v) is 26.8. The van der Waals surface area contributed by atoms with Gasteiger partial charge in [0.25, 0.3) is 0 Å². The number of nitrogens with one attached hydrogen (secondary N) is 1. The van der Waals surface area contributed by atoms with Gasteiger partial charge in [-0.05, 0) is 129 Å². The predicted molar refractivity (Wildman–Crippen MR) is 276 cm³/mol. The number of hydrogen-bond acceptors (Lipinski definition) is 5. The molecule has 0 aromatic carbocycles. The Kier molecular flexibility index (Phi) is 48.3. The number of carbonyl (C=O) groups excluding carboxylic acids is 2. The summed E-state index contributed by atoms with van der Waals surface area (Å²) < 4.78 is 6.08. The molecule has 0 bridgehead atoms. The summed E-state index contributed by atoms with van der Waals surface area (Å²) in [7, 11) is 0. The fraction of sp³-hybridized carbons (Fsp3) is 0.737. The van der Waals surface area contributed by atoms with Crippen molar-refractivity contribution in [2.45, 2.75) is 264 Å². The molecule has 0 aromatic rings. The Morgan fingerprint density at radius 3 is 1.33 bits per heavy atom. The van der Waals surface area contributed by atoms with Gasteiger partial charge in [-0.1, -0.05) is 189 Å². The number of amides is 1. The van der Waals surface area contributed by atoms with Crippen LogP contribution in [0.5, 0.6) is 0 Å². The van der Waals surface area contributed by atoms with E-state index >= 15 is 0 Å². The van der Waals surface area contributed by atoms with Crippen LogP contribution in [0.4, 0.5) is 0 Å². The van der Waals surface area contributed by atoms with E-state index in [-0.39, 0.29) is 18.0 Å². The number of allylic oxidation sites excluding steroid dienone is 12. The van der Waals surface area contributed by atoms with Crippen LogP contribution in [0.1, 0.15) is 251 Å². The summed E-state index contributed by atoms with van der Waals surface area (Å²) >= 11 is 0.